The fraction of sp³-hybridized carbons (Fsp3) is 0.875. The van der Waals surface area contributed by atoms with Gasteiger partial charge in [0.25, 0.3) is 0 Å². The molecule has 0 aromatic rings. The zero-order valence-corrected chi connectivity index (χ0v) is 14.2. The highest BCUT2D eigenvalue weighted by atomic mass is 16.5. The van der Waals surface area contributed by atoms with E-state index in [9.17, 15) is 9.59 Å². The van der Waals surface area contributed by atoms with Gasteiger partial charge in [-0.1, -0.05) is 0 Å². The zero-order valence-electron chi connectivity index (χ0n) is 14.2. The summed E-state index contributed by atoms with van der Waals surface area (Å²) in [6.07, 6.45) is 0.827. The minimum atomic E-state index is -0.197. The normalized spacial score (nSPS) is 30.1. The lowest BCUT2D eigenvalue weighted by atomic mass is 10.1. The van der Waals surface area contributed by atoms with Crippen LogP contribution in [0.25, 0.3) is 0 Å². The third-order valence-corrected chi connectivity index (χ3v) is 4.38. The van der Waals surface area contributed by atoms with E-state index in [0.717, 1.165) is 19.6 Å². The first-order chi connectivity index (χ1) is 10.4. The average Bonchev–Trinajstić information content (AvgIpc) is 2.80. The molecule has 0 aromatic carbocycles. The number of rotatable bonds is 5. The van der Waals surface area contributed by atoms with Crippen LogP contribution in [0.15, 0.2) is 0 Å². The van der Waals surface area contributed by atoms with E-state index >= 15 is 0 Å². The van der Waals surface area contributed by atoms with Gasteiger partial charge in [0.1, 0.15) is 0 Å². The summed E-state index contributed by atoms with van der Waals surface area (Å²) >= 11 is 0. The number of carbonyl (C=O) groups excluding carboxylic acids is 2. The molecule has 3 atom stereocenters. The number of hydrogen-bond donors (Lipinski definition) is 1. The predicted molar refractivity (Wildman–Crippen MR) is 84.4 cm³/mol. The lowest BCUT2D eigenvalue weighted by Gasteiger charge is -2.35. The number of nitrogens with one attached hydrogen (secondary N) is 1. The molecule has 2 amide bonds. The maximum Gasteiger partial charge on any atom is 0.225 e. The van der Waals surface area contributed by atoms with E-state index in [1.54, 1.807) is 4.90 Å². The van der Waals surface area contributed by atoms with Crippen molar-refractivity contribution in [2.45, 2.75) is 52.4 Å². The van der Waals surface area contributed by atoms with E-state index in [1.165, 1.54) is 0 Å². The molecule has 0 unspecified atom stereocenters. The molecule has 0 bridgehead atoms. The molecule has 2 fully saturated rings. The van der Waals surface area contributed by atoms with Gasteiger partial charge in [-0.3, -0.25) is 14.5 Å². The minimum Gasteiger partial charge on any atom is -0.373 e. The lowest BCUT2D eigenvalue weighted by Crippen LogP contribution is -2.48. The predicted octanol–water partition coefficient (Wildman–Crippen LogP) is 0.469. The highest BCUT2D eigenvalue weighted by Gasteiger charge is 2.35. The van der Waals surface area contributed by atoms with Crippen LogP contribution in [-0.2, 0) is 14.3 Å². The number of hydrogen-bond acceptors (Lipinski definition) is 4. The Kier molecular flexibility index (Phi) is 5.81. The van der Waals surface area contributed by atoms with E-state index in [2.05, 4.69) is 24.1 Å². The Bertz CT molecular complexity index is 403. The van der Waals surface area contributed by atoms with Crippen LogP contribution in [-0.4, -0.2) is 72.6 Å². The number of carbonyl (C=O) groups is 2. The molecule has 126 valence electrons. The molecular weight excluding hydrogens is 282 g/mol. The van der Waals surface area contributed by atoms with Crippen LogP contribution >= 0.6 is 0 Å². The van der Waals surface area contributed by atoms with Crippen molar-refractivity contribution in [1.82, 2.24) is 15.1 Å². The van der Waals surface area contributed by atoms with Crippen LogP contribution in [0, 0.1) is 5.92 Å². The average molecular weight is 311 g/mol. The Morgan fingerprint density at radius 1 is 1.27 bits per heavy atom. The SMILES string of the molecule is CC(C)N1C[C@@H](C(=O)NCCN2C[C@@H](C)O[C@H](C)C2)CC1=O. The third-order valence-electron chi connectivity index (χ3n) is 4.38. The van der Waals surface area contributed by atoms with Crippen LogP contribution in [0.5, 0.6) is 0 Å². The van der Waals surface area contributed by atoms with Gasteiger partial charge in [-0.05, 0) is 27.7 Å². The van der Waals surface area contributed by atoms with E-state index in [4.69, 9.17) is 4.74 Å². The molecule has 0 spiro atoms. The number of morpholine rings is 1. The van der Waals surface area contributed by atoms with E-state index in [-0.39, 0.29) is 36.0 Å². The number of ether oxygens (including phenoxy) is 1. The monoisotopic (exact) mass is 311 g/mol. The number of nitrogens with zero attached hydrogens (tertiary/aromatic N) is 2. The second-order valence-electron chi connectivity index (χ2n) is 6.85. The molecule has 1 N–H and O–H groups in total. The third kappa shape index (κ3) is 4.43. The Morgan fingerprint density at radius 3 is 2.45 bits per heavy atom. The first kappa shape index (κ1) is 17.2. The molecule has 2 aliphatic rings. The first-order valence-corrected chi connectivity index (χ1v) is 8.31. The van der Waals surface area contributed by atoms with Gasteiger partial charge in [0.15, 0.2) is 0 Å². The Labute approximate surface area is 133 Å². The topological polar surface area (TPSA) is 61.9 Å². The summed E-state index contributed by atoms with van der Waals surface area (Å²) in [4.78, 5) is 28.1. The van der Waals surface area contributed by atoms with Crippen LogP contribution < -0.4 is 5.32 Å². The lowest BCUT2D eigenvalue weighted by molar-refractivity contribution is -0.130. The summed E-state index contributed by atoms with van der Waals surface area (Å²) in [5.41, 5.74) is 0. The largest absolute Gasteiger partial charge is 0.373 e. The van der Waals surface area contributed by atoms with Crippen LogP contribution in [0.2, 0.25) is 0 Å². The fourth-order valence-corrected chi connectivity index (χ4v) is 3.35. The second-order valence-corrected chi connectivity index (χ2v) is 6.85. The summed E-state index contributed by atoms with van der Waals surface area (Å²) in [5.74, 6) is -0.103. The van der Waals surface area contributed by atoms with Gasteiger partial charge >= 0.3 is 0 Å². The quantitative estimate of drug-likeness (QED) is 0.802. The highest BCUT2D eigenvalue weighted by Crippen LogP contribution is 2.20. The van der Waals surface area contributed by atoms with Crippen molar-refractivity contribution >= 4 is 11.8 Å². The smallest absolute Gasteiger partial charge is 0.225 e. The van der Waals surface area contributed by atoms with E-state index in [0.29, 0.717) is 19.5 Å². The van der Waals surface area contributed by atoms with Gasteiger partial charge in [0, 0.05) is 45.2 Å². The summed E-state index contributed by atoms with van der Waals surface area (Å²) in [6, 6.07) is 0.168. The molecular formula is C16H29N3O3. The van der Waals surface area contributed by atoms with Crippen molar-refractivity contribution in [2.75, 3.05) is 32.7 Å². The van der Waals surface area contributed by atoms with Gasteiger partial charge < -0.3 is 15.0 Å². The Hall–Kier alpha value is -1.14. The van der Waals surface area contributed by atoms with Gasteiger partial charge in [0.2, 0.25) is 11.8 Å². The zero-order chi connectivity index (χ0) is 16.3. The summed E-state index contributed by atoms with van der Waals surface area (Å²) in [5, 5.41) is 2.98. The molecule has 0 saturated carbocycles. The maximum absolute atomic E-state index is 12.2. The van der Waals surface area contributed by atoms with Gasteiger partial charge in [-0.2, -0.15) is 0 Å². The van der Waals surface area contributed by atoms with Crippen molar-refractivity contribution in [3.63, 3.8) is 0 Å². The van der Waals surface area contributed by atoms with Crippen molar-refractivity contribution in [3.05, 3.63) is 0 Å². The maximum atomic E-state index is 12.2. The molecule has 0 aromatic heterocycles. The molecule has 2 rings (SSSR count). The van der Waals surface area contributed by atoms with E-state index in [1.807, 2.05) is 13.8 Å². The summed E-state index contributed by atoms with van der Waals surface area (Å²) < 4.78 is 5.70. The Balaban J connectivity index is 1.71. The number of amides is 2. The van der Waals surface area contributed by atoms with Crippen molar-refractivity contribution in [2.24, 2.45) is 5.92 Å². The summed E-state index contributed by atoms with van der Waals surface area (Å²) in [6.45, 7) is 11.9. The first-order valence-electron chi connectivity index (χ1n) is 8.31. The van der Waals surface area contributed by atoms with Crippen LogP contribution in [0.4, 0.5) is 0 Å². The second kappa shape index (κ2) is 7.42. The van der Waals surface area contributed by atoms with Crippen molar-refractivity contribution in [1.29, 1.82) is 0 Å². The fourth-order valence-electron chi connectivity index (χ4n) is 3.35. The van der Waals surface area contributed by atoms with E-state index < -0.39 is 0 Å². The van der Waals surface area contributed by atoms with Gasteiger partial charge in [-0.15, -0.1) is 0 Å². The van der Waals surface area contributed by atoms with Crippen molar-refractivity contribution in [3.8, 4) is 0 Å². The van der Waals surface area contributed by atoms with Gasteiger partial charge in [0.05, 0.1) is 18.1 Å². The van der Waals surface area contributed by atoms with Crippen LogP contribution in [0.3, 0.4) is 0 Å². The summed E-state index contributed by atoms with van der Waals surface area (Å²) in [7, 11) is 0. The molecule has 6 heteroatoms. The van der Waals surface area contributed by atoms with Crippen molar-refractivity contribution < 1.29 is 14.3 Å². The molecule has 2 heterocycles. The Morgan fingerprint density at radius 2 is 1.91 bits per heavy atom. The number of likely N-dealkylation sites (tertiary alicyclic amines) is 1. The highest BCUT2D eigenvalue weighted by molar-refractivity contribution is 5.89. The molecule has 2 saturated heterocycles. The molecule has 0 aliphatic carbocycles. The molecule has 6 nitrogen and oxygen atoms in total. The molecule has 2 aliphatic heterocycles. The minimum absolute atomic E-state index is 0.00542. The molecule has 22 heavy (non-hydrogen) atoms. The molecule has 0 radical (unpaired) electrons. The van der Waals surface area contributed by atoms with Gasteiger partial charge in [-0.25, -0.2) is 0 Å². The standard InChI is InChI=1S/C16H29N3O3/c1-11(2)19-10-14(7-15(19)20)16(21)17-5-6-18-8-12(3)22-13(4)9-18/h11-14H,5-10H2,1-4H3,(H,17,21)/t12-,13-,14+/m1/s1. The van der Waals surface area contributed by atoms with Crippen LogP contribution in [0.1, 0.15) is 34.1 Å².